The second-order valence-electron chi connectivity index (χ2n) is 5.71. The quantitative estimate of drug-likeness (QED) is 0.656. The normalized spacial score (nSPS) is 15.8. The third-order valence-electron chi connectivity index (χ3n) is 3.76. The molecule has 1 amide bonds. The van der Waals surface area contributed by atoms with Gasteiger partial charge < -0.3 is 14.8 Å². The van der Waals surface area contributed by atoms with Crippen molar-refractivity contribution >= 4 is 34.7 Å². The summed E-state index contributed by atoms with van der Waals surface area (Å²) in [6.07, 6.45) is -1.22. The number of rotatable bonds is 5. The van der Waals surface area contributed by atoms with Crippen LogP contribution in [0.1, 0.15) is 26.5 Å². The van der Waals surface area contributed by atoms with Crippen LogP contribution in [0.5, 0.6) is 5.75 Å². The standard InChI is InChI=1S/C18H17NO5S/c1-10-7-12(11(2)25-10)14(20)9-23-17(21)8-16-18(22)19-13-5-3-4-6-15(13)24-16/h3-7,16H,8-9H2,1-2H3,(H,19,22). The van der Waals surface area contributed by atoms with Crippen LogP contribution in [0.15, 0.2) is 30.3 Å². The van der Waals surface area contributed by atoms with E-state index in [1.54, 1.807) is 30.3 Å². The van der Waals surface area contributed by atoms with E-state index in [4.69, 9.17) is 9.47 Å². The molecule has 3 rings (SSSR count). The van der Waals surface area contributed by atoms with Crippen molar-refractivity contribution in [3.63, 3.8) is 0 Å². The largest absolute Gasteiger partial charge is 0.478 e. The van der Waals surface area contributed by atoms with E-state index in [2.05, 4.69) is 5.32 Å². The predicted molar refractivity (Wildman–Crippen MR) is 93.2 cm³/mol. The Labute approximate surface area is 148 Å². The van der Waals surface area contributed by atoms with E-state index in [9.17, 15) is 14.4 Å². The van der Waals surface area contributed by atoms with Gasteiger partial charge in [0.1, 0.15) is 5.75 Å². The minimum atomic E-state index is -0.970. The van der Waals surface area contributed by atoms with Gasteiger partial charge in [0.25, 0.3) is 5.91 Å². The Balaban J connectivity index is 1.55. The van der Waals surface area contributed by atoms with E-state index >= 15 is 0 Å². The molecule has 1 atom stereocenters. The van der Waals surface area contributed by atoms with Gasteiger partial charge in [0, 0.05) is 15.3 Å². The molecule has 0 saturated heterocycles. The Kier molecular flexibility index (Phi) is 4.85. The van der Waals surface area contributed by atoms with Crippen molar-refractivity contribution in [2.24, 2.45) is 0 Å². The molecule has 0 spiro atoms. The Morgan fingerprint density at radius 2 is 2.04 bits per heavy atom. The summed E-state index contributed by atoms with van der Waals surface area (Å²) in [5, 5.41) is 2.68. The number of amides is 1. The lowest BCUT2D eigenvalue weighted by Crippen LogP contribution is -2.39. The van der Waals surface area contributed by atoms with Gasteiger partial charge in [0.2, 0.25) is 5.78 Å². The fraction of sp³-hybridized carbons (Fsp3) is 0.278. The zero-order chi connectivity index (χ0) is 18.0. The first-order valence-electron chi connectivity index (χ1n) is 7.76. The van der Waals surface area contributed by atoms with Gasteiger partial charge in [-0.3, -0.25) is 14.4 Å². The summed E-state index contributed by atoms with van der Waals surface area (Å²) in [6, 6.07) is 8.75. The molecule has 0 radical (unpaired) electrons. The van der Waals surface area contributed by atoms with Gasteiger partial charge in [-0.15, -0.1) is 11.3 Å². The molecule has 6 nitrogen and oxygen atoms in total. The first kappa shape index (κ1) is 17.2. The average Bonchev–Trinajstić information content (AvgIpc) is 2.92. The van der Waals surface area contributed by atoms with Crippen LogP contribution in [-0.4, -0.2) is 30.4 Å². The Bertz CT molecular complexity index is 842. The maximum absolute atomic E-state index is 12.1. The molecule has 7 heteroatoms. The van der Waals surface area contributed by atoms with Crippen LogP contribution in [0.2, 0.25) is 0 Å². The lowest BCUT2D eigenvalue weighted by atomic mass is 10.1. The average molecular weight is 359 g/mol. The first-order valence-corrected chi connectivity index (χ1v) is 8.58. The van der Waals surface area contributed by atoms with Crippen molar-refractivity contribution in [3.05, 3.63) is 45.6 Å². The number of hydrogen-bond donors (Lipinski definition) is 1. The van der Waals surface area contributed by atoms with Crippen LogP contribution >= 0.6 is 11.3 Å². The molecule has 0 bridgehead atoms. The highest BCUT2D eigenvalue weighted by Crippen LogP contribution is 2.29. The second kappa shape index (κ2) is 7.06. The second-order valence-corrected chi connectivity index (χ2v) is 7.17. The molecule has 1 unspecified atom stereocenters. The minimum Gasteiger partial charge on any atom is -0.478 e. The van der Waals surface area contributed by atoms with Crippen molar-refractivity contribution in [1.82, 2.24) is 0 Å². The maximum atomic E-state index is 12.1. The number of ketones is 1. The Morgan fingerprint density at radius 3 is 2.76 bits per heavy atom. The highest BCUT2D eigenvalue weighted by Gasteiger charge is 2.30. The van der Waals surface area contributed by atoms with Gasteiger partial charge in [-0.05, 0) is 32.0 Å². The topological polar surface area (TPSA) is 81.7 Å². The molecule has 0 fully saturated rings. The summed E-state index contributed by atoms with van der Waals surface area (Å²) >= 11 is 1.52. The first-order chi connectivity index (χ1) is 11.9. The van der Waals surface area contributed by atoms with Crippen LogP contribution < -0.4 is 10.1 Å². The predicted octanol–water partition coefficient (Wildman–Crippen LogP) is 2.88. The highest BCUT2D eigenvalue weighted by atomic mass is 32.1. The van der Waals surface area contributed by atoms with E-state index in [0.717, 1.165) is 9.75 Å². The molecule has 1 N–H and O–H groups in total. The van der Waals surface area contributed by atoms with E-state index in [-0.39, 0.29) is 18.8 Å². The fourth-order valence-electron chi connectivity index (χ4n) is 2.57. The van der Waals surface area contributed by atoms with Gasteiger partial charge in [0.15, 0.2) is 12.7 Å². The van der Waals surface area contributed by atoms with Gasteiger partial charge in [0.05, 0.1) is 12.1 Å². The number of esters is 1. The zero-order valence-electron chi connectivity index (χ0n) is 13.8. The van der Waals surface area contributed by atoms with Crippen molar-refractivity contribution < 1.29 is 23.9 Å². The molecule has 1 aromatic carbocycles. The number of anilines is 1. The van der Waals surface area contributed by atoms with Crippen molar-refractivity contribution in [2.75, 3.05) is 11.9 Å². The van der Waals surface area contributed by atoms with Gasteiger partial charge in [-0.1, -0.05) is 12.1 Å². The van der Waals surface area contributed by atoms with E-state index in [1.165, 1.54) is 11.3 Å². The molecule has 1 aromatic heterocycles. The summed E-state index contributed by atoms with van der Waals surface area (Å²) in [7, 11) is 0. The van der Waals surface area contributed by atoms with Gasteiger partial charge >= 0.3 is 5.97 Å². The van der Waals surface area contributed by atoms with Gasteiger partial charge in [-0.2, -0.15) is 0 Å². The zero-order valence-corrected chi connectivity index (χ0v) is 14.6. The summed E-state index contributed by atoms with van der Waals surface area (Å²) in [6.45, 7) is 3.42. The number of ether oxygens (including phenoxy) is 2. The van der Waals surface area contributed by atoms with Crippen molar-refractivity contribution in [1.29, 1.82) is 0 Å². The molecule has 0 aliphatic carbocycles. The number of benzene rings is 1. The smallest absolute Gasteiger partial charge is 0.310 e. The SMILES string of the molecule is Cc1cc(C(=O)COC(=O)CC2Oc3ccccc3NC2=O)c(C)s1. The summed E-state index contributed by atoms with van der Waals surface area (Å²) in [4.78, 5) is 38.0. The fourth-order valence-corrected chi connectivity index (χ4v) is 3.51. The van der Waals surface area contributed by atoms with E-state index in [0.29, 0.717) is 17.0 Å². The number of para-hydroxylation sites is 2. The number of carbonyl (C=O) groups excluding carboxylic acids is 3. The molecule has 1 aliphatic rings. The van der Waals surface area contributed by atoms with Crippen molar-refractivity contribution in [2.45, 2.75) is 26.4 Å². The van der Waals surface area contributed by atoms with Crippen LogP contribution in [0.3, 0.4) is 0 Å². The number of fused-ring (bicyclic) bond motifs is 1. The van der Waals surface area contributed by atoms with Crippen LogP contribution in [0, 0.1) is 13.8 Å². The maximum Gasteiger partial charge on any atom is 0.310 e. The van der Waals surface area contributed by atoms with Gasteiger partial charge in [-0.25, -0.2) is 0 Å². The lowest BCUT2D eigenvalue weighted by Gasteiger charge is -2.25. The number of hydrogen-bond acceptors (Lipinski definition) is 6. The minimum absolute atomic E-state index is 0.255. The van der Waals surface area contributed by atoms with E-state index in [1.807, 2.05) is 13.8 Å². The number of aryl methyl sites for hydroxylation is 2. The molecule has 0 saturated carbocycles. The lowest BCUT2D eigenvalue weighted by molar-refractivity contribution is -0.146. The molecule has 25 heavy (non-hydrogen) atoms. The molecule has 2 aromatic rings. The molecule has 2 heterocycles. The number of nitrogens with one attached hydrogen (secondary N) is 1. The Hall–Kier alpha value is -2.67. The van der Waals surface area contributed by atoms with Crippen LogP contribution in [0.4, 0.5) is 5.69 Å². The third-order valence-corrected chi connectivity index (χ3v) is 4.73. The third kappa shape index (κ3) is 3.88. The number of Topliss-reactive ketones (excluding diaryl/α,β-unsaturated/α-hetero) is 1. The summed E-state index contributed by atoms with van der Waals surface area (Å²) in [5.74, 6) is -0.821. The summed E-state index contributed by atoms with van der Waals surface area (Å²) < 4.78 is 10.6. The van der Waals surface area contributed by atoms with Crippen LogP contribution in [-0.2, 0) is 14.3 Å². The molecular weight excluding hydrogens is 342 g/mol. The monoisotopic (exact) mass is 359 g/mol. The number of carbonyl (C=O) groups is 3. The Morgan fingerprint density at radius 1 is 1.28 bits per heavy atom. The van der Waals surface area contributed by atoms with Crippen molar-refractivity contribution in [3.8, 4) is 5.75 Å². The van der Waals surface area contributed by atoms with Crippen LogP contribution in [0.25, 0.3) is 0 Å². The highest BCUT2D eigenvalue weighted by molar-refractivity contribution is 7.12. The van der Waals surface area contributed by atoms with E-state index < -0.39 is 18.0 Å². The summed E-state index contributed by atoms with van der Waals surface area (Å²) in [5.41, 5.74) is 1.13. The molecule has 130 valence electrons. The molecular formula is C18H17NO5S. The number of thiophene rings is 1. The molecule has 1 aliphatic heterocycles.